The summed E-state index contributed by atoms with van der Waals surface area (Å²) in [6.07, 6.45) is 0.113. The minimum Gasteiger partial charge on any atom is -0.389 e. The third-order valence-corrected chi connectivity index (χ3v) is 6.96. The molecule has 4 rings (SSSR count). The molecule has 0 heterocycles. The van der Waals surface area contributed by atoms with Gasteiger partial charge >= 0.3 is 17.1 Å². The summed E-state index contributed by atoms with van der Waals surface area (Å²) in [5, 5.41) is 4.14. The smallest absolute Gasteiger partial charge is 0.389 e. The quantitative estimate of drug-likeness (QED) is 0.164. The van der Waals surface area contributed by atoms with E-state index in [0.29, 0.717) is 0 Å². The van der Waals surface area contributed by atoms with E-state index in [4.69, 9.17) is 4.74 Å². The predicted molar refractivity (Wildman–Crippen MR) is 142 cm³/mol. The third kappa shape index (κ3) is 9.27. The number of ether oxygens (including phenoxy) is 1. The molecule has 3 heteroatoms. The first-order valence-corrected chi connectivity index (χ1v) is 11.5. The second kappa shape index (κ2) is 18.6. The molecule has 1 atom stereocenters. The molecule has 0 fully saturated rings. The Morgan fingerprint density at radius 1 is 0.750 bits per heavy atom. The van der Waals surface area contributed by atoms with Crippen LogP contribution in [0.1, 0.15) is 32.4 Å². The van der Waals surface area contributed by atoms with Crippen LogP contribution in [0.2, 0.25) is 0 Å². The van der Waals surface area contributed by atoms with Gasteiger partial charge in [0.1, 0.15) is 0 Å². The fourth-order valence-corrected chi connectivity index (χ4v) is 5.55. The number of methoxy groups -OCH3 is 1. The topological polar surface area (TPSA) is 9.23 Å². The van der Waals surface area contributed by atoms with Gasteiger partial charge in [0, 0.05) is 13.2 Å². The molecule has 0 saturated heterocycles. The fourth-order valence-electron chi connectivity index (χ4n) is 3.00. The van der Waals surface area contributed by atoms with E-state index in [-0.39, 0.29) is 38.0 Å². The van der Waals surface area contributed by atoms with Gasteiger partial charge in [-0.3, -0.25) is 0 Å². The molecule has 0 aliphatic rings. The monoisotopic (exact) mass is 488 g/mol. The van der Waals surface area contributed by atoms with Gasteiger partial charge in [0.05, 0.1) is 0 Å². The third-order valence-electron chi connectivity index (χ3n) is 4.44. The SMILES string of the molecule is CC.CO[C@H](C)[c-]1cccc1P(c1ccccc1)c1ccccc1.[CH3-].[CH3-].[Fe+4].c1cc[cH-]c1. The molecule has 0 bridgehead atoms. The molecule has 0 amide bonds. The summed E-state index contributed by atoms with van der Waals surface area (Å²) in [5.41, 5.74) is 1.29. The Morgan fingerprint density at radius 3 is 1.59 bits per heavy atom. The van der Waals surface area contributed by atoms with Crippen LogP contribution >= 0.6 is 7.92 Å². The first kappa shape index (κ1) is 32.2. The molecule has 0 radical (unpaired) electrons. The summed E-state index contributed by atoms with van der Waals surface area (Å²) in [6, 6.07) is 38.1. The normalized spacial score (nSPS) is 10.0. The van der Waals surface area contributed by atoms with Gasteiger partial charge < -0.3 is 19.6 Å². The van der Waals surface area contributed by atoms with Gasteiger partial charge in [0.2, 0.25) is 0 Å². The molecule has 0 saturated carbocycles. The van der Waals surface area contributed by atoms with Gasteiger partial charge in [0.25, 0.3) is 0 Å². The van der Waals surface area contributed by atoms with E-state index in [9.17, 15) is 0 Å². The Morgan fingerprint density at radius 2 is 1.22 bits per heavy atom. The molecule has 1 nitrogen and oxygen atoms in total. The summed E-state index contributed by atoms with van der Waals surface area (Å²) in [4.78, 5) is 0. The van der Waals surface area contributed by atoms with E-state index in [1.807, 2.05) is 44.2 Å². The average Bonchev–Trinajstić information content (AvgIpc) is 3.52. The van der Waals surface area contributed by atoms with Crippen molar-refractivity contribution in [3.63, 3.8) is 0 Å². The molecule has 0 aliphatic carbocycles. The second-order valence-electron chi connectivity index (χ2n) is 6.21. The first-order valence-electron chi connectivity index (χ1n) is 10.2. The average molecular weight is 488 g/mol. The van der Waals surface area contributed by atoms with Crippen molar-refractivity contribution >= 4 is 23.8 Å². The molecule has 0 aromatic heterocycles. The van der Waals surface area contributed by atoms with Gasteiger partial charge in [-0.2, -0.15) is 24.3 Å². The zero-order chi connectivity index (χ0) is 20.9. The Kier molecular flexibility index (Phi) is 18.7. The van der Waals surface area contributed by atoms with Crippen molar-refractivity contribution in [1.29, 1.82) is 0 Å². The Labute approximate surface area is 208 Å². The zero-order valence-electron chi connectivity index (χ0n) is 20.2. The predicted octanol–water partition coefficient (Wildman–Crippen LogP) is 7.20. The molecule has 0 aliphatic heterocycles. The molecule has 172 valence electrons. The maximum Gasteiger partial charge on any atom is 4.00 e. The standard InChI is InChI=1S/C20H20OP.C5H5.C2H6.2CH3.Fe/c1-16(21-2)19-14-9-15-20(19)22(17-10-5-3-6-11-17)18-12-7-4-8-13-18;1-2-4-5-3-1;1-2;;;/h3-16H,1-2H3;1-5H;1-2H3;2*1H3;/q2*-1;;2*-1;+4/t16-;;;;;/m1...../s1. The zero-order valence-corrected chi connectivity index (χ0v) is 22.2. The summed E-state index contributed by atoms with van der Waals surface area (Å²) < 4.78 is 5.57. The van der Waals surface area contributed by atoms with Crippen LogP contribution in [0, 0.1) is 14.9 Å². The van der Waals surface area contributed by atoms with Gasteiger partial charge in [0.15, 0.2) is 0 Å². The molecule has 4 aromatic carbocycles. The first-order chi connectivity index (χ1) is 14.3. The minimum atomic E-state index is -0.548. The summed E-state index contributed by atoms with van der Waals surface area (Å²) in [5.74, 6) is 0. The van der Waals surface area contributed by atoms with Crippen molar-refractivity contribution in [3.05, 3.63) is 130 Å². The second-order valence-corrected chi connectivity index (χ2v) is 8.40. The Hall–Kier alpha value is -1.95. The van der Waals surface area contributed by atoms with Crippen molar-refractivity contribution < 1.29 is 21.8 Å². The Balaban J connectivity index is 0. The molecular weight excluding hydrogens is 451 g/mol. The number of hydrogen-bond donors (Lipinski definition) is 0. The number of benzene rings is 2. The maximum atomic E-state index is 5.57. The summed E-state index contributed by atoms with van der Waals surface area (Å²) in [6.45, 7) is 6.11. The van der Waals surface area contributed by atoms with E-state index in [2.05, 4.69) is 85.8 Å². The van der Waals surface area contributed by atoms with Crippen molar-refractivity contribution in [3.8, 4) is 0 Å². The van der Waals surface area contributed by atoms with Crippen LogP contribution in [0.4, 0.5) is 0 Å². The van der Waals surface area contributed by atoms with Crippen molar-refractivity contribution in [1.82, 2.24) is 0 Å². The van der Waals surface area contributed by atoms with Crippen LogP contribution in [0.3, 0.4) is 0 Å². The van der Waals surface area contributed by atoms with E-state index < -0.39 is 7.92 Å². The molecule has 32 heavy (non-hydrogen) atoms. The number of rotatable bonds is 5. The molecule has 0 unspecified atom stereocenters. The van der Waals surface area contributed by atoms with Crippen LogP contribution in [0.5, 0.6) is 0 Å². The van der Waals surface area contributed by atoms with Crippen LogP contribution in [-0.2, 0) is 21.8 Å². The molecule has 4 aromatic rings. The summed E-state index contributed by atoms with van der Waals surface area (Å²) in [7, 11) is 1.22. The van der Waals surface area contributed by atoms with Crippen LogP contribution in [0.25, 0.3) is 0 Å². The van der Waals surface area contributed by atoms with E-state index in [1.54, 1.807) is 7.11 Å². The van der Waals surface area contributed by atoms with E-state index in [1.165, 1.54) is 21.5 Å². The largest absolute Gasteiger partial charge is 4.00 e. The van der Waals surface area contributed by atoms with E-state index in [0.717, 1.165) is 0 Å². The van der Waals surface area contributed by atoms with Gasteiger partial charge in [-0.25, -0.2) is 24.3 Å². The van der Waals surface area contributed by atoms with Gasteiger partial charge in [-0.05, 0) is 25.5 Å². The fraction of sp³-hybridized carbons (Fsp3) is 0.172. The van der Waals surface area contributed by atoms with Crippen LogP contribution in [0.15, 0.2) is 109 Å². The van der Waals surface area contributed by atoms with Gasteiger partial charge in [-0.1, -0.05) is 74.5 Å². The maximum absolute atomic E-state index is 5.57. The van der Waals surface area contributed by atoms with Gasteiger partial charge in [-0.15, -0.1) is 10.9 Å². The van der Waals surface area contributed by atoms with Crippen molar-refractivity contribution in [2.24, 2.45) is 0 Å². The molecule has 0 N–H and O–H groups in total. The summed E-state index contributed by atoms with van der Waals surface area (Å²) >= 11 is 0. The minimum absolute atomic E-state index is 0. The molecular formula is C29H37FeOP. The Bertz CT molecular complexity index is 829. The van der Waals surface area contributed by atoms with Crippen LogP contribution < -0.4 is 15.9 Å². The number of hydrogen-bond acceptors (Lipinski definition) is 1. The molecule has 0 spiro atoms. The van der Waals surface area contributed by atoms with Crippen LogP contribution in [-0.4, -0.2) is 7.11 Å². The van der Waals surface area contributed by atoms with E-state index >= 15 is 0 Å². The van der Waals surface area contributed by atoms with Crippen molar-refractivity contribution in [2.45, 2.75) is 26.9 Å². The van der Waals surface area contributed by atoms with Crippen molar-refractivity contribution in [2.75, 3.05) is 7.11 Å².